The van der Waals surface area contributed by atoms with Crippen LogP contribution >= 0.6 is 11.3 Å². The van der Waals surface area contributed by atoms with Gasteiger partial charge in [0.25, 0.3) is 5.91 Å². The van der Waals surface area contributed by atoms with E-state index in [0.29, 0.717) is 28.2 Å². The average molecular weight is 553 g/mol. The van der Waals surface area contributed by atoms with Crippen LogP contribution in [0.2, 0.25) is 0 Å². The average Bonchev–Trinajstić information content (AvgIpc) is 3.45. The highest BCUT2D eigenvalue weighted by atomic mass is 32.1. The van der Waals surface area contributed by atoms with Crippen LogP contribution in [0.4, 0.5) is 15.2 Å². The summed E-state index contributed by atoms with van der Waals surface area (Å²) in [6.07, 6.45) is 1.52. The minimum atomic E-state index is -0.338. The molecule has 0 unspecified atom stereocenters. The van der Waals surface area contributed by atoms with Gasteiger partial charge in [0.05, 0.1) is 19.0 Å². The zero-order chi connectivity index (χ0) is 27.7. The molecule has 4 aromatic carbocycles. The van der Waals surface area contributed by atoms with Crippen molar-refractivity contribution in [2.45, 2.75) is 6.61 Å². The maximum Gasteiger partial charge on any atom is 0.271 e. The van der Waals surface area contributed by atoms with Crippen molar-refractivity contribution in [3.05, 3.63) is 125 Å². The predicted octanol–water partition coefficient (Wildman–Crippen LogP) is 7.04. The Morgan fingerprint density at radius 3 is 2.58 bits per heavy atom. The minimum absolute atomic E-state index is 0.199. The largest absolute Gasteiger partial charge is 0.493 e. The highest BCUT2D eigenvalue weighted by molar-refractivity contribution is 7.14. The molecule has 9 heteroatoms. The molecule has 1 heterocycles. The van der Waals surface area contributed by atoms with E-state index in [1.54, 1.807) is 42.5 Å². The Bertz CT molecular complexity index is 1620. The minimum Gasteiger partial charge on any atom is -0.493 e. The van der Waals surface area contributed by atoms with Gasteiger partial charge in [0, 0.05) is 22.2 Å². The molecule has 5 aromatic rings. The monoisotopic (exact) mass is 552 g/mol. The number of ether oxygens (including phenoxy) is 2. The summed E-state index contributed by atoms with van der Waals surface area (Å²) in [5.41, 5.74) is 7.13. The van der Waals surface area contributed by atoms with Gasteiger partial charge in [-0.05, 0) is 65.7 Å². The molecule has 0 atom stereocenters. The number of methoxy groups -OCH3 is 1. The first-order chi connectivity index (χ1) is 19.6. The van der Waals surface area contributed by atoms with Gasteiger partial charge in [0.2, 0.25) is 0 Å². The maximum absolute atomic E-state index is 13.4. The van der Waals surface area contributed by atoms with Crippen LogP contribution in [-0.4, -0.2) is 24.2 Å². The first kappa shape index (κ1) is 26.6. The second kappa shape index (κ2) is 12.7. The number of para-hydroxylation sites is 1. The maximum atomic E-state index is 13.4. The molecule has 1 amide bonds. The number of hydrazone groups is 1. The molecule has 0 fully saturated rings. The van der Waals surface area contributed by atoms with Crippen molar-refractivity contribution in [2.75, 3.05) is 12.4 Å². The van der Waals surface area contributed by atoms with Gasteiger partial charge in [0.15, 0.2) is 16.6 Å². The van der Waals surface area contributed by atoms with Crippen LogP contribution in [0.3, 0.4) is 0 Å². The summed E-state index contributed by atoms with van der Waals surface area (Å²) in [7, 11) is 1.53. The van der Waals surface area contributed by atoms with Crippen LogP contribution in [0.25, 0.3) is 11.3 Å². The molecule has 0 radical (unpaired) electrons. The molecule has 7 nitrogen and oxygen atoms in total. The normalized spacial score (nSPS) is 10.8. The van der Waals surface area contributed by atoms with Crippen LogP contribution in [0.5, 0.6) is 11.5 Å². The lowest BCUT2D eigenvalue weighted by molar-refractivity contribution is 0.0955. The number of anilines is 2. The zero-order valence-electron chi connectivity index (χ0n) is 21.5. The third kappa shape index (κ3) is 6.89. The summed E-state index contributed by atoms with van der Waals surface area (Å²) < 4.78 is 24.6. The molecule has 200 valence electrons. The summed E-state index contributed by atoms with van der Waals surface area (Å²) in [4.78, 5) is 17.2. The molecule has 0 aliphatic rings. The van der Waals surface area contributed by atoms with Crippen LogP contribution < -0.4 is 20.2 Å². The quantitative estimate of drug-likeness (QED) is 0.143. The molecule has 5 rings (SSSR count). The molecule has 1 aromatic heterocycles. The Balaban J connectivity index is 1.16. The van der Waals surface area contributed by atoms with Crippen LogP contribution in [0, 0.1) is 5.82 Å². The van der Waals surface area contributed by atoms with E-state index in [1.165, 1.54) is 36.8 Å². The number of carbonyl (C=O) groups is 1. The van der Waals surface area contributed by atoms with E-state index in [0.717, 1.165) is 22.1 Å². The van der Waals surface area contributed by atoms with Crippen molar-refractivity contribution in [2.24, 2.45) is 5.10 Å². The number of thiazole rings is 1. The van der Waals surface area contributed by atoms with Gasteiger partial charge in [-0.25, -0.2) is 14.8 Å². The summed E-state index contributed by atoms with van der Waals surface area (Å²) in [5, 5.41) is 10.1. The Morgan fingerprint density at radius 1 is 0.975 bits per heavy atom. The molecule has 0 aliphatic heterocycles. The van der Waals surface area contributed by atoms with E-state index in [1.807, 2.05) is 47.8 Å². The number of nitrogens with zero attached hydrogens (tertiary/aromatic N) is 2. The number of nitrogens with one attached hydrogen (secondary N) is 2. The highest BCUT2D eigenvalue weighted by Crippen LogP contribution is 2.29. The van der Waals surface area contributed by atoms with Crippen LogP contribution in [0.1, 0.15) is 21.5 Å². The summed E-state index contributed by atoms with van der Waals surface area (Å²) in [6.45, 7) is 0.199. The zero-order valence-corrected chi connectivity index (χ0v) is 22.3. The first-order valence-corrected chi connectivity index (χ1v) is 13.2. The van der Waals surface area contributed by atoms with E-state index in [2.05, 4.69) is 20.8 Å². The Kier molecular flexibility index (Phi) is 8.43. The number of halogens is 1. The fraction of sp³-hybridized carbons (Fsp3) is 0.0645. The molecule has 0 aliphatic carbocycles. The molecular formula is C31H25FN4O3S. The molecular weight excluding hydrogens is 527 g/mol. The van der Waals surface area contributed by atoms with E-state index >= 15 is 0 Å². The highest BCUT2D eigenvalue weighted by Gasteiger charge is 2.09. The number of hydrogen-bond donors (Lipinski definition) is 2. The molecule has 2 N–H and O–H groups in total. The van der Waals surface area contributed by atoms with Gasteiger partial charge in [-0.2, -0.15) is 5.10 Å². The Hall–Kier alpha value is -5.02. The second-order valence-corrected chi connectivity index (χ2v) is 9.49. The van der Waals surface area contributed by atoms with Crippen molar-refractivity contribution < 1.29 is 18.7 Å². The molecule has 0 saturated carbocycles. The Morgan fingerprint density at radius 2 is 1.80 bits per heavy atom. The number of rotatable bonds is 10. The predicted molar refractivity (Wildman–Crippen MR) is 156 cm³/mol. The summed E-state index contributed by atoms with van der Waals surface area (Å²) in [6, 6.07) is 28.5. The summed E-state index contributed by atoms with van der Waals surface area (Å²) >= 11 is 1.51. The van der Waals surface area contributed by atoms with E-state index in [4.69, 9.17) is 9.47 Å². The fourth-order valence-corrected chi connectivity index (χ4v) is 4.54. The SMILES string of the molecule is COc1cc(/C=N\NC(=O)c2ccc(-c3csc(Nc4ccccc4)n3)cc2)ccc1OCc1cccc(F)c1. The topological polar surface area (TPSA) is 84.8 Å². The van der Waals surface area contributed by atoms with Crippen molar-refractivity contribution >= 4 is 34.3 Å². The van der Waals surface area contributed by atoms with Crippen LogP contribution in [-0.2, 0) is 6.61 Å². The lowest BCUT2D eigenvalue weighted by Gasteiger charge is -2.11. The standard InChI is InChI=1S/C31H25FN4O3S/c1-38-29-17-21(10-15-28(29)39-19-22-6-5-7-25(32)16-22)18-33-36-30(37)24-13-11-23(12-14-24)27-20-40-31(35-27)34-26-8-3-2-4-9-26/h2-18,20H,19H2,1H3,(H,34,35)(H,36,37)/b33-18-. The van der Waals surface area contributed by atoms with Crippen LogP contribution in [0.15, 0.2) is 108 Å². The Labute approximate surface area is 234 Å². The van der Waals surface area contributed by atoms with Crippen molar-refractivity contribution in [1.29, 1.82) is 0 Å². The molecule has 0 saturated heterocycles. The van der Waals surface area contributed by atoms with Gasteiger partial charge in [-0.15, -0.1) is 11.3 Å². The van der Waals surface area contributed by atoms with Gasteiger partial charge in [0.1, 0.15) is 12.4 Å². The van der Waals surface area contributed by atoms with Crippen molar-refractivity contribution in [1.82, 2.24) is 10.4 Å². The second-order valence-electron chi connectivity index (χ2n) is 8.63. The van der Waals surface area contributed by atoms with Crippen molar-refractivity contribution in [3.8, 4) is 22.8 Å². The smallest absolute Gasteiger partial charge is 0.271 e. The summed E-state index contributed by atoms with van der Waals surface area (Å²) in [5.74, 6) is 0.347. The van der Waals surface area contributed by atoms with E-state index in [9.17, 15) is 9.18 Å². The van der Waals surface area contributed by atoms with Gasteiger partial charge in [-0.1, -0.05) is 42.5 Å². The third-order valence-corrected chi connectivity index (χ3v) is 6.58. The van der Waals surface area contributed by atoms with Crippen molar-refractivity contribution in [3.63, 3.8) is 0 Å². The van der Waals surface area contributed by atoms with Gasteiger partial charge >= 0.3 is 0 Å². The van der Waals surface area contributed by atoms with E-state index < -0.39 is 0 Å². The molecule has 0 spiro atoms. The third-order valence-electron chi connectivity index (χ3n) is 5.82. The molecule has 0 bridgehead atoms. The first-order valence-electron chi connectivity index (χ1n) is 12.3. The lowest BCUT2D eigenvalue weighted by Crippen LogP contribution is -2.17. The van der Waals surface area contributed by atoms with E-state index in [-0.39, 0.29) is 18.3 Å². The number of hydrogen-bond acceptors (Lipinski definition) is 7. The molecule has 40 heavy (non-hydrogen) atoms. The number of amides is 1. The number of carbonyl (C=O) groups excluding carboxylic acids is 1. The van der Waals surface area contributed by atoms with Gasteiger partial charge < -0.3 is 14.8 Å². The van der Waals surface area contributed by atoms with Gasteiger partial charge in [-0.3, -0.25) is 4.79 Å². The number of aromatic nitrogens is 1. The number of benzene rings is 4. The lowest BCUT2D eigenvalue weighted by atomic mass is 10.1. The fourth-order valence-electron chi connectivity index (χ4n) is 3.80.